The minimum Gasteiger partial charge on any atom is -0.484 e. The highest BCUT2D eigenvalue weighted by molar-refractivity contribution is 5.84. The van der Waals surface area contributed by atoms with Crippen LogP contribution in [-0.4, -0.2) is 28.8 Å². The molecule has 3 aromatic rings. The van der Waals surface area contributed by atoms with E-state index in [-0.39, 0.29) is 12.5 Å². The molecule has 5 heteroatoms. The van der Waals surface area contributed by atoms with Crippen molar-refractivity contribution in [2.75, 3.05) is 13.2 Å². The van der Waals surface area contributed by atoms with Gasteiger partial charge in [-0.1, -0.05) is 30.3 Å². The maximum Gasteiger partial charge on any atom is 0.257 e. The van der Waals surface area contributed by atoms with E-state index in [1.807, 2.05) is 60.1 Å². The first-order valence-corrected chi connectivity index (χ1v) is 8.09. The minimum absolute atomic E-state index is 0.0269. The molecule has 5 nitrogen and oxygen atoms in total. The van der Waals surface area contributed by atoms with Crippen molar-refractivity contribution in [2.24, 2.45) is 0 Å². The Morgan fingerprint density at radius 2 is 2.00 bits per heavy atom. The fourth-order valence-corrected chi connectivity index (χ4v) is 2.55. The van der Waals surface area contributed by atoms with Crippen LogP contribution in [0.15, 0.2) is 54.7 Å². The lowest BCUT2D eigenvalue weighted by atomic mass is 10.1. The summed E-state index contributed by atoms with van der Waals surface area (Å²) in [6.07, 6.45) is 2.62. The number of benzene rings is 2. The van der Waals surface area contributed by atoms with Crippen molar-refractivity contribution in [1.29, 1.82) is 0 Å². The second-order valence-corrected chi connectivity index (χ2v) is 5.70. The van der Waals surface area contributed by atoms with Crippen LogP contribution in [0.5, 0.6) is 5.75 Å². The topological polar surface area (TPSA) is 56.2 Å². The molecular weight excluding hydrogens is 302 g/mol. The number of hydrogen-bond acceptors (Lipinski definition) is 3. The lowest BCUT2D eigenvalue weighted by Crippen LogP contribution is -2.30. The van der Waals surface area contributed by atoms with Gasteiger partial charge in [-0.2, -0.15) is 5.10 Å². The van der Waals surface area contributed by atoms with E-state index in [2.05, 4.69) is 10.4 Å². The highest BCUT2D eigenvalue weighted by Gasteiger charge is 2.04. The van der Waals surface area contributed by atoms with Crippen LogP contribution in [0.25, 0.3) is 10.8 Å². The molecule has 2 aromatic carbocycles. The lowest BCUT2D eigenvalue weighted by molar-refractivity contribution is -0.123. The fraction of sp³-hybridized carbons (Fsp3) is 0.263. The molecule has 0 unspecified atom stereocenters. The zero-order chi connectivity index (χ0) is 16.8. The van der Waals surface area contributed by atoms with Crippen LogP contribution in [0.1, 0.15) is 12.1 Å². The van der Waals surface area contributed by atoms with Crippen molar-refractivity contribution < 1.29 is 9.53 Å². The van der Waals surface area contributed by atoms with E-state index in [1.54, 1.807) is 6.20 Å². The molecule has 0 saturated heterocycles. The molecule has 0 aliphatic heterocycles. The Hall–Kier alpha value is -2.82. The number of carbonyl (C=O) groups is 1. The molecular formula is C19H21N3O2. The Bertz CT molecular complexity index is 826. The normalized spacial score (nSPS) is 10.7. The van der Waals surface area contributed by atoms with Gasteiger partial charge in [-0.15, -0.1) is 0 Å². The monoisotopic (exact) mass is 323 g/mol. The van der Waals surface area contributed by atoms with Crippen molar-refractivity contribution in [1.82, 2.24) is 15.1 Å². The third kappa shape index (κ3) is 4.13. The van der Waals surface area contributed by atoms with Gasteiger partial charge in [0, 0.05) is 25.0 Å². The zero-order valence-electron chi connectivity index (χ0n) is 13.7. The van der Waals surface area contributed by atoms with Gasteiger partial charge in [0.1, 0.15) is 5.75 Å². The molecule has 124 valence electrons. The number of hydrogen-bond donors (Lipinski definition) is 1. The number of amides is 1. The summed E-state index contributed by atoms with van der Waals surface area (Å²) in [6, 6.07) is 15.9. The van der Waals surface area contributed by atoms with E-state index in [4.69, 9.17) is 4.74 Å². The van der Waals surface area contributed by atoms with Gasteiger partial charge in [-0.25, -0.2) is 0 Å². The van der Waals surface area contributed by atoms with Crippen LogP contribution < -0.4 is 10.1 Å². The molecule has 0 spiro atoms. The number of fused-ring (bicyclic) bond motifs is 1. The highest BCUT2D eigenvalue weighted by atomic mass is 16.5. The Morgan fingerprint density at radius 3 is 2.79 bits per heavy atom. The number of nitrogens with one attached hydrogen (secondary N) is 1. The van der Waals surface area contributed by atoms with E-state index in [1.165, 1.54) is 0 Å². The van der Waals surface area contributed by atoms with Gasteiger partial charge in [0.05, 0.1) is 0 Å². The van der Waals surface area contributed by atoms with Gasteiger partial charge in [0.2, 0.25) is 0 Å². The van der Waals surface area contributed by atoms with E-state index >= 15 is 0 Å². The van der Waals surface area contributed by atoms with Gasteiger partial charge < -0.3 is 10.1 Å². The molecule has 24 heavy (non-hydrogen) atoms. The molecule has 0 saturated carbocycles. The third-order valence-electron chi connectivity index (χ3n) is 3.89. The largest absolute Gasteiger partial charge is 0.484 e. The molecule has 0 atom stereocenters. The number of aromatic nitrogens is 2. The molecule has 0 radical (unpaired) electrons. The van der Waals surface area contributed by atoms with Crippen LogP contribution >= 0.6 is 0 Å². The summed E-state index contributed by atoms with van der Waals surface area (Å²) in [7, 11) is 0. The van der Waals surface area contributed by atoms with Crippen molar-refractivity contribution in [3.8, 4) is 5.75 Å². The Morgan fingerprint density at radius 1 is 1.17 bits per heavy atom. The predicted octanol–water partition coefficient (Wildman–Crippen LogP) is 2.93. The van der Waals surface area contributed by atoms with E-state index in [9.17, 15) is 4.79 Å². The molecule has 0 aliphatic carbocycles. The van der Waals surface area contributed by atoms with Gasteiger partial charge >= 0.3 is 0 Å². The first-order chi connectivity index (χ1) is 11.7. The summed E-state index contributed by atoms with van der Waals surface area (Å²) in [6.45, 7) is 3.45. The smallest absolute Gasteiger partial charge is 0.257 e. The third-order valence-corrected chi connectivity index (χ3v) is 3.89. The van der Waals surface area contributed by atoms with E-state index in [0.29, 0.717) is 12.3 Å². The summed E-state index contributed by atoms with van der Waals surface area (Å²) in [5.74, 6) is 0.594. The van der Waals surface area contributed by atoms with Crippen molar-refractivity contribution in [3.63, 3.8) is 0 Å². The maximum absolute atomic E-state index is 11.8. The number of ether oxygens (including phenoxy) is 1. The predicted molar refractivity (Wildman–Crippen MR) is 94.0 cm³/mol. The second kappa shape index (κ2) is 7.64. The molecule has 1 amide bonds. The van der Waals surface area contributed by atoms with E-state index < -0.39 is 0 Å². The summed E-state index contributed by atoms with van der Waals surface area (Å²) in [5, 5.41) is 9.34. The van der Waals surface area contributed by atoms with Crippen LogP contribution in [0.3, 0.4) is 0 Å². The summed E-state index contributed by atoms with van der Waals surface area (Å²) >= 11 is 0. The summed E-state index contributed by atoms with van der Waals surface area (Å²) in [4.78, 5) is 11.8. The SMILES string of the molecule is Cc1ccnn1CCCNC(=O)COc1ccc2ccccc2c1. The molecule has 0 aliphatic rings. The standard InChI is InChI=1S/C19H21N3O2/c1-15-9-11-21-22(15)12-4-10-20-19(23)14-24-18-8-7-16-5-2-3-6-17(16)13-18/h2-3,5-9,11,13H,4,10,12,14H2,1H3,(H,20,23). The molecule has 0 bridgehead atoms. The number of nitrogens with zero attached hydrogens (tertiary/aromatic N) is 2. The summed E-state index contributed by atoms with van der Waals surface area (Å²) < 4.78 is 7.50. The number of aryl methyl sites for hydroxylation is 2. The molecule has 3 rings (SSSR count). The first kappa shape index (κ1) is 16.1. The molecule has 1 aromatic heterocycles. The highest BCUT2D eigenvalue weighted by Crippen LogP contribution is 2.20. The Labute approximate surface area is 141 Å². The van der Waals surface area contributed by atoms with Gasteiger partial charge in [0.15, 0.2) is 6.61 Å². The van der Waals surface area contributed by atoms with Crippen molar-refractivity contribution >= 4 is 16.7 Å². The van der Waals surface area contributed by atoms with Gasteiger partial charge in [0.25, 0.3) is 5.91 Å². The van der Waals surface area contributed by atoms with Crippen molar-refractivity contribution in [3.05, 3.63) is 60.4 Å². The average Bonchev–Trinajstić information content (AvgIpc) is 3.02. The van der Waals surface area contributed by atoms with Crippen LogP contribution in [0.2, 0.25) is 0 Å². The second-order valence-electron chi connectivity index (χ2n) is 5.70. The fourth-order valence-electron chi connectivity index (χ4n) is 2.55. The number of carbonyl (C=O) groups excluding carboxylic acids is 1. The van der Waals surface area contributed by atoms with Crippen LogP contribution in [0.4, 0.5) is 0 Å². The Balaban J connectivity index is 1.41. The maximum atomic E-state index is 11.8. The molecule has 1 N–H and O–H groups in total. The minimum atomic E-state index is -0.111. The quantitative estimate of drug-likeness (QED) is 0.680. The van der Waals surface area contributed by atoms with E-state index in [0.717, 1.165) is 29.4 Å². The van der Waals surface area contributed by atoms with Gasteiger partial charge in [-0.05, 0) is 42.3 Å². The lowest BCUT2D eigenvalue weighted by Gasteiger charge is -2.09. The molecule has 0 fully saturated rings. The Kier molecular flexibility index (Phi) is 5.11. The van der Waals surface area contributed by atoms with Crippen LogP contribution in [0, 0.1) is 6.92 Å². The zero-order valence-corrected chi connectivity index (χ0v) is 13.7. The summed E-state index contributed by atoms with van der Waals surface area (Å²) in [5.41, 5.74) is 1.13. The number of rotatable bonds is 7. The molecule has 1 heterocycles. The average molecular weight is 323 g/mol. The first-order valence-electron chi connectivity index (χ1n) is 8.09. The van der Waals surface area contributed by atoms with Crippen LogP contribution in [-0.2, 0) is 11.3 Å². The van der Waals surface area contributed by atoms with Gasteiger partial charge in [-0.3, -0.25) is 9.48 Å². The van der Waals surface area contributed by atoms with Crippen molar-refractivity contribution in [2.45, 2.75) is 19.9 Å².